The quantitative estimate of drug-likeness (QED) is 0.103. The van der Waals surface area contributed by atoms with Crippen LogP contribution < -0.4 is 4.90 Å². The predicted octanol–water partition coefficient (Wildman–Crippen LogP) is 6.54. The van der Waals surface area contributed by atoms with Gasteiger partial charge >= 0.3 is 5.97 Å². The van der Waals surface area contributed by atoms with Gasteiger partial charge in [-0.2, -0.15) is 0 Å². The number of fused-ring (bicyclic) bond motifs is 6. The number of esters is 1. The molecule has 1 aliphatic heterocycles. The number of Topliss-reactive ketones (excluding diaryl/α,β-unsaturated/α-hetero) is 1. The number of aromatic nitrogens is 1. The lowest BCUT2D eigenvalue weighted by atomic mass is 9.82. The Morgan fingerprint density at radius 2 is 1.70 bits per heavy atom. The van der Waals surface area contributed by atoms with Gasteiger partial charge in [0.2, 0.25) is 11.8 Å². The molecule has 2 aliphatic carbocycles. The molecule has 7 nitrogen and oxygen atoms in total. The van der Waals surface area contributed by atoms with E-state index < -0.39 is 24.2 Å². The number of ether oxygens (including phenoxy) is 1. The molecule has 2 heterocycles. The second-order valence-electron chi connectivity index (χ2n) is 11.2. The second-order valence-corrected chi connectivity index (χ2v) is 12.2. The third kappa shape index (κ3) is 4.59. The highest BCUT2D eigenvalue weighted by Gasteiger charge is 2.60. The molecule has 4 atom stereocenters. The molecule has 3 aliphatic rings. The number of halogens is 2. The van der Waals surface area contributed by atoms with Gasteiger partial charge in [-0.25, -0.2) is 14.2 Å². The number of pyridine rings is 1. The van der Waals surface area contributed by atoms with E-state index in [2.05, 4.69) is 22.0 Å². The molecule has 0 spiro atoms. The Hall–Kier alpha value is -4.50. The smallest absolute Gasteiger partial charge is 0.339 e. The van der Waals surface area contributed by atoms with Gasteiger partial charge < -0.3 is 4.74 Å². The minimum Gasteiger partial charge on any atom is -0.454 e. The standard InChI is InChI=1S/C34H24BrFN2O5/c1-17-12-20-13-24(17)31-30(20)32(40)38(33(31)41)23-9-4-18(5-10-23)28-15-26(25-14-21(35)6-11-27(25)37-28)34(42)43-16-29(39)19-2-7-22(36)8-3-19/h2-12,14-15,20,24,30-31H,13,16H2,1H3. The molecule has 1 aromatic heterocycles. The highest BCUT2D eigenvalue weighted by atomic mass is 79.9. The number of carbonyl (C=O) groups is 4. The number of rotatable bonds is 6. The monoisotopic (exact) mass is 638 g/mol. The summed E-state index contributed by atoms with van der Waals surface area (Å²) < 4.78 is 19.3. The van der Waals surface area contributed by atoms with Gasteiger partial charge in [0.25, 0.3) is 0 Å². The molecule has 2 amide bonds. The summed E-state index contributed by atoms with van der Waals surface area (Å²) in [5.74, 6) is -2.23. The van der Waals surface area contributed by atoms with Gasteiger partial charge in [-0.15, -0.1) is 0 Å². The lowest BCUT2D eigenvalue weighted by Gasteiger charge is -2.19. The molecule has 43 heavy (non-hydrogen) atoms. The number of allylic oxidation sites excluding steroid dienone is 2. The number of imide groups is 1. The lowest BCUT2D eigenvalue weighted by Crippen LogP contribution is -2.32. The predicted molar refractivity (Wildman–Crippen MR) is 161 cm³/mol. The third-order valence-electron chi connectivity index (χ3n) is 8.79. The molecule has 4 aromatic rings. The maximum absolute atomic E-state index is 13.4. The van der Waals surface area contributed by atoms with E-state index in [0.717, 1.165) is 10.9 Å². The molecule has 7 rings (SSSR count). The van der Waals surface area contributed by atoms with Crippen LogP contribution in [0.2, 0.25) is 0 Å². The van der Waals surface area contributed by atoms with Crippen molar-refractivity contribution in [1.82, 2.24) is 4.98 Å². The number of benzene rings is 3. The molecular formula is C34H24BrFN2O5. The number of ketones is 1. The van der Waals surface area contributed by atoms with Gasteiger partial charge in [-0.05, 0) is 85.8 Å². The van der Waals surface area contributed by atoms with Gasteiger partial charge in [-0.3, -0.25) is 19.3 Å². The number of carbonyl (C=O) groups excluding carboxylic acids is 4. The van der Waals surface area contributed by atoms with Crippen molar-refractivity contribution in [3.05, 3.63) is 106 Å². The second kappa shape index (κ2) is 10.3. The zero-order valence-electron chi connectivity index (χ0n) is 22.9. The van der Waals surface area contributed by atoms with Crippen molar-refractivity contribution in [1.29, 1.82) is 0 Å². The van der Waals surface area contributed by atoms with Gasteiger partial charge in [0.1, 0.15) is 5.82 Å². The number of anilines is 1. The minimum atomic E-state index is -0.711. The molecule has 2 bridgehead atoms. The summed E-state index contributed by atoms with van der Waals surface area (Å²) in [6, 6.07) is 18.9. The summed E-state index contributed by atoms with van der Waals surface area (Å²) in [7, 11) is 0. The Bertz CT molecular complexity index is 1890. The van der Waals surface area contributed by atoms with Crippen LogP contribution >= 0.6 is 15.9 Å². The van der Waals surface area contributed by atoms with E-state index in [1.807, 2.05) is 6.92 Å². The van der Waals surface area contributed by atoms with Gasteiger partial charge in [-0.1, -0.05) is 39.7 Å². The summed E-state index contributed by atoms with van der Waals surface area (Å²) in [6.07, 6.45) is 3.02. The van der Waals surface area contributed by atoms with E-state index in [1.54, 1.807) is 48.5 Å². The fourth-order valence-corrected chi connectivity index (χ4v) is 7.11. The first-order valence-electron chi connectivity index (χ1n) is 13.9. The van der Waals surface area contributed by atoms with Crippen LogP contribution in [0.1, 0.15) is 34.1 Å². The fourth-order valence-electron chi connectivity index (χ4n) is 6.75. The van der Waals surface area contributed by atoms with E-state index in [0.29, 0.717) is 27.8 Å². The van der Waals surface area contributed by atoms with E-state index in [-0.39, 0.29) is 46.6 Å². The SMILES string of the molecule is CC1=CC2CC1C1C(=O)N(c3ccc(-c4cc(C(=O)OCC(=O)c5ccc(F)cc5)c5cc(Br)ccc5n4)cc3)C(=O)C21. The maximum Gasteiger partial charge on any atom is 0.339 e. The zero-order valence-corrected chi connectivity index (χ0v) is 24.5. The summed E-state index contributed by atoms with van der Waals surface area (Å²) in [5.41, 5.74) is 3.84. The largest absolute Gasteiger partial charge is 0.454 e. The van der Waals surface area contributed by atoms with Crippen LogP contribution in [0.3, 0.4) is 0 Å². The van der Waals surface area contributed by atoms with Crippen LogP contribution in [-0.4, -0.2) is 35.2 Å². The van der Waals surface area contributed by atoms with Crippen molar-refractivity contribution in [3.8, 4) is 11.3 Å². The number of nitrogens with zero attached hydrogens (tertiary/aromatic N) is 2. The first kappa shape index (κ1) is 27.3. The average molecular weight is 639 g/mol. The van der Waals surface area contributed by atoms with Crippen LogP contribution in [0.25, 0.3) is 22.2 Å². The first-order chi connectivity index (χ1) is 20.7. The fraction of sp³-hybridized carbons (Fsp3) is 0.206. The normalized spacial score (nSPS) is 22.2. The van der Waals surface area contributed by atoms with Crippen molar-refractivity contribution in [2.45, 2.75) is 13.3 Å². The zero-order chi connectivity index (χ0) is 30.0. The maximum atomic E-state index is 13.4. The van der Waals surface area contributed by atoms with E-state index in [4.69, 9.17) is 9.72 Å². The molecule has 1 saturated carbocycles. The van der Waals surface area contributed by atoms with Gasteiger partial charge in [0.05, 0.1) is 34.3 Å². The van der Waals surface area contributed by atoms with E-state index >= 15 is 0 Å². The highest BCUT2D eigenvalue weighted by Crippen LogP contribution is 2.56. The van der Waals surface area contributed by atoms with Crippen molar-refractivity contribution in [3.63, 3.8) is 0 Å². The van der Waals surface area contributed by atoms with Crippen LogP contribution in [0.15, 0.2) is 88.9 Å². The van der Waals surface area contributed by atoms with Crippen LogP contribution in [0.5, 0.6) is 0 Å². The van der Waals surface area contributed by atoms with Crippen LogP contribution in [0.4, 0.5) is 10.1 Å². The number of amides is 2. The van der Waals surface area contributed by atoms with Gasteiger partial charge in [0.15, 0.2) is 12.4 Å². The molecule has 3 aromatic carbocycles. The Kier molecular flexibility index (Phi) is 6.58. The number of hydrogen-bond donors (Lipinski definition) is 0. The van der Waals surface area contributed by atoms with Crippen LogP contribution in [-0.2, 0) is 14.3 Å². The summed E-state index contributed by atoms with van der Waals surface area (Å²) in [4.78, 5) is 58.5. The molecule has 4 unspecified atom stereocenters. The number of hydrogen-bond acceptors (Lipinski definition) is 6. The van der Waals surface area contributed by atoms with Crippen molar-refractivity contribution < 1.29 is 28.3 Å². The average Bonchev–Trinajstić information content (AvgIpc) is 3.65. The van der Waals surface area contributed by atoms with E-state index in [1.165, 1.54) is 34.7 Å². The van der Waals surface area contributed by atoms with Crippen molar-refractivity contribution in [2.75, 3.05) is 11.5 Å². The highest BCUT2D eigenvalue weighted by molar-refractivity contribution is 9.10. The summed E-state index contributed by atoms with van der Waals surface area (Å²) in [6.45, 7) is 1.53. The van der Waals surface area contributed by atoms with Crippen molar-refractivity contribution in [2.24, 2.45) is 23.7 Å². The molecular weight excluding hydrogens is 615 g/mol. The van der Waals surface area contributed by atoms with Crippen LogP contribution in [0, 0.1) is 29.5 Å². The van der Waals surface area contributed by atoms with Crippen molar-refractivity contribution >= 4 is 56.1 Å². The Morgan fingerprint density at radius 1 is 0.977 bits per heavy atom. The Morgan fingerprint density at radius 3 is 2.44 bits per heavy atom. The Balaban J connectivity index is 1.16. The van der Waals surface area contributed by atoms with Gasteiger partial charge in [0, 0.05) is 21.0 Å². The summed E-state index contributed by atoms with van der Waals surface area (Å²) in [5, 5.41) is 0.535. The molecule has 9 heteroatoms. The lowest BCUT2D eigenvalue weighted by molar-refractivity contribution is -0.123. The molecule has 0 radical (unpaired) electrons. The molecule has 1 saturated heterocycles. The molecule has 214 valence electrons. The third-order valence-corrected chi connectivity index (χ3v) is 9.29. The molecule has 0 N–H and O–H groups in total. The minimum absolute atomic E-state index is 0.127. The summed E-state index contributed by atoms with van der Waals surface area (Å²) >= 11 is 3.43. The first-order valence-corrected chi connectivity index (χ1v) is 14.7. The molecule has 2 fully saturated rings. The topological polar surface area (TPSA) is 93.6 Å². The Labute approximate surface area is 254 Å². The van der Waals surface area contributed by atoms with E-state index in [9.17, 15) is 23.6 Å².